The highest BCUT2D eigenvalue weighted by Gasteiger charge is 2.32. The Labute approximate surface area is 153 Å². The average molecular weight is 365 g/mol. The van der Waals surface area contributed by atoms with Gasteiger partial charge in [0.15, 0.2) is 0 Å². The standard InChI is InChI=1S/C17H27N5O4/c1-17(2,3)26-16(25)21-9-6-13-12(10-21)14(20(4)19-13)15(24)22(11-23)8-5-7-18/h11H,5-10,18H2,1-4H3. The Morgan fingerprint density at radius 2 is 2.08 bits per heavy atom. The molecule has 1 aliphatic heterocycles. The molecule has 2 rings (SSSR count). The molecule has 2 N–H and O–H groups in total. The predicted molar refractivity (Wildman–Crippen MR) is 94.3 cm³/mol. The number of aromatic nitrogens is 2. The number of carbonyl (C=O) groups excluding carboxylic acids is 3. The van der Waals surface area contributed by atoms with Gasteiger partial charge in [0.25, 0.3) is 5.91 Å². The number of imide groups is 1. The van der Waals surface area contributed by atoms with Crippen molar-refractivity contribution in [2.45, 2.75) is 45.8 Å². The lowest BCUT2D eigenvalue weighted by Crippen LogP contribution is -2.40. The average Bonchev–Trinajstić information content (AvgIpc) is 2.88. The van der Waals surface area contributed by atoms with Gasteiger partial charge in [0.05, 0.1) is 12.2 Å². The first-order valence-electron chi connectivity index (χ1n) is 8.67. The highest BCUT2D eigenvalue weighted by atomic mass is 16.6. The Kier molecular flexibility index (Phi) is 6.01. The van der Waals surface area contributed by atoms with E-state index >= 15 is 0 Å². The maximum absolute atomic E-state index is 12.8. The van der Waals surface area contributed by atoms with Crippen LogP contribution in [-0.2, 0) is 29.5 Å². The van der Waals surface area contributed by atoms with Crippen LogP contribution in [-0.4, -0.2) is 63.2 Å². The van der Waals surface area contributed by atoms with Gasteiger partial charge < -0.3 is 15.4 Å². The molecular formula is C17H27N5O4. The van der Waals surface area contributed by atoms with Crippen molar-refractivity contribution >= 4 is 18.4 Å². The fraction of sp³-hybridized carbons (Fsp3) is 0.647. The van der Waals surface area contributed by atoms with Gasteiger partial charge in [-0.1, -0.05) is 0 Å². The van der Waals surface area contributed by atoms with Crippen LogP contribution < -0.4 is 5.73 Å². The lowest BCUT2D eigenvalue weighted by molar-refractivity contribution is -0.116. The summed E-state index contributed by atoms with van der Waals surface area (Å²) in [5.41, 5.74) is 6.61. The number of aryl methyl sites for hydroxylation is 1. The molecule has 9 nitrogen and oxygen atoms in total. The highest BCUT2D eigenvalue weighted by molar-refractivity contribution is 6.00. The van der Waals surface area contributed by atoms with Crippen LogP contribution in [0.5, 0.6) is 0 Å². The summed E-state index contributed by atoms with van der Waals surface area (Å²) < 4.78 is 6.89. The van der Waals surface area contributed by atoms with Gasteiger partial charge in [0.1, 0.15) is 11.3 Å². The third-order valence-corrected chi connectivity index (χ3v) is 4.04. The van der Waals surface area contributed by atoms with Crippen LogP contribution in [0, 0.1) is 0 Å². The van der Waals surface area contributed by atoms with E-state index in [0.717, 1.165) is 10.6 Å². The first-order valence-corrected chi connectivity index (χ1v) is 8.67. The highest BCUT2D eigenvalue weighted by Crippen LogP contribution is 2.24. The predicted octanol–water partition coefficient (Wildman–Crippen LogP) is 0.661. The Balaban J connectivity index is 2.25. The minimum atomic E-state index is -0.596. The van der Waals surface area contributed by atoms with E-state index in [2.05, 4.69) is 5.10 Å². The number of fused-ring (bicyclic) bond motifs is 1. The summed E-state index contributed by atoms with van der Waals surface area (Å²) >= 11 is 0. The Morgan fingerprint density at radius 1 is 1.38 bits per heavy atom. The van der Waals surface area contributed by atoms with Crippen LogP contribution in [0.3, 0.4) is 0 Å². The van der Waals surface area contributed by atoms with E-state index in [1.807, 2.05) is 0 Å². The summed E-state index contributed by atoms with van der Waals surface area (Å²) in [6, 6.07) is 0. The number of rotatable bonds is 5. The smallest absolute Gasteiger partial charge is 0.410 e. The molecule has 26 heavy (non-hydrogen) atoms. The Bertz CT molecular complexity index is 692. The van der Waals surface area contributed by atoms with Gasteiger partial charge in [-0.15, -0.1) is 0 Å². The number of ether oxygens (including phenoxy) is 1. The summed E-state index contributed by atoms with van der Waals surface area (Å²) in [6.07, 6.45) is 1.13. The lowest BCUT2D eigenvalue weighted by atomic mass is 10.0. The zero-order valence-corrected chi connectivity index (χ0v) is 15.8. The molecule has 0 spiro atoms. The maximum Gasteiger partial charge on any atom is 0.410 e. The largest absolute Gasteiger partial charge is 0.444 e. The van der Waals surface area contributed by atoms with Gasteiger partial charge in [-0.25, -0.2) is 4.79 Å². The molecule has 0 aromatic carbocycles. The SMILES string of the molecule is Cn1nc2c(c1C(=O)N(C=O)CCCN)CN(C(=O)OC(C)(C)C)CC2. The van der Waals surface area contributed by atoms with Crippen LogP contribution in [0.15, 0.2) is 0 Å². The van der Waals surface area contributed by atoms with Gasteiger partial charge in [-0.05, 0) is 33.7 Å². The summed E-state index contributed by atoms with van der Waals surface area (Å²) in [4.78, 5) is 39.1. The second kappa shape index (κ2) is 7.86. The fourth-order valence-electron chi connectivity index (χ4n) is 2.85. The van der Waals surface area contributed by atoms with Crippen molar-refractivity contribution in [3.63, 3.8) is 0 Å². The molecule has 0 unspecified atom stereocenters. The second-order valence-electron chi connectivity index (χ2n) is 7.30. The van der Waals surface area contributed by atoms with Crippen molar-refractivity contribution in [3.8, 4) is 0 Å². The van der Waals surface area contributed by atoms with Crippen LogP contribution in [0.4, 0.5) is 4.79 Å². The van der Waals surface area contributed by atoms with E-state index in [-0.39, 0.29) is 13.1 Å². The zero-order chi connectivity index (χ0) is 19.5. The molecule has 144 valence electrons. The van der Waals surface area contributed by atoms with Crippen molar-refractivity contribution in [2.24, 2.45) is 12.8 Å². The normalized spacial score (nSPS) is 14.0. The molecule has 3 amide bonds. The topological polar surface area (TPSA) is 111 Å². The molecule has 0 saturated carbocycles. The number of nitrogens with two attached hydrogens (primary N) is 1. The summed E-state index contributed by atoms with van der Waals surface area (Å²) in [6.45, 7) is 6.73. The molecule has 9 heteroatoms. The molecule has 0 radical (unpaired) electrons. The molecule has 1 aromatic rings. The van der Waals surface area contributed by atoms with Gasteiger partial charge in [0, 0.05) is 32.1 Å². The zero-order valence-electron chi connectivity index (χ0n) is 15.8. The van der Waals surface area contributed by atoms with Gasteiger partial charge in [0.2, 0.25) is 6.41 Å². The van der Waals surface area contributed by atoms with E-state index < -0.39 is 17.6 Å². The van der Waals surface area contributed by atoms with Crippen molar-refractivity contribution in [1.82, 2.24) is 19.6 Å². The van der Waals surface area contributed by atoms with Crippen LogP contribution >= 0.6 is 0 Å². The minimum absolute atomic E-state index is 0.225. The van der Waals surface area contributed by atoms with Gasteiger partial charge >= 0.3 is 6.09 Å². The van der Waals surface area contributed by atoms with E-state index in [1.165, 1.54) is 4.68 Å². The number of carbonyl (C=O) groups is 3. The second-order valence-corrected chi connectivity index (χ2v) is 7.30. The molecule has 1 aliphatic rings. The minimum Gasteiger partial charge on any atom is -0.444 e. The number of nitrogens with zero attached hydrogens (tertiary/aromatic N) is 4. The molecule has 0 bridgehead atoms. The molecule has 0 saturated heterocycles. The number of hydrogen-bond acceptors (Lipinski definition) is 6. The maximum atomic E-state index is 12.8. The number of hydrogen-bond donors (Lipinski definition) is 1. The first-order chi connectivity index (χ1) is 12.2. The molecule has 0 fully saturated rings. The quantitative estimate of drug-likeness (QED) is 0.768. The van der Waals surface area contributed by atoms with E-state index in [0.29, 0.717) is 43.6 Å². The summed E-state index contributed by atoms with van der Waals surface area (Å²) in [5, 5.41) is 4.39. The molecule has 1 aromatic heterocycles. The van der Waals surface area contributed by atoms with E-state index in [1.54, 1.807) is 32.7 Å². The van der Waals surface area contributed by atoms with Crippen molar-refractivity contribution in [1.29, 1.82) is 0 Å². The molecular weight excluding hydrogens is 338 g/mol. The first kappa shape index (κ1) is 19.9. The molecule has 2 heterocycles. The third kappa shape index (κ3) is 4.40. The van der Waals surface area contributed by atoms with E-state index in [4.69, 9.17) is 10.5 Å². The monoisotopic (exact) mass is 365 g/mol. The van der Waals surface area contributed by atoms with Crippen molar-refractivity contribution in [3.05, 3.63) is 17.0 Å². The third-order valence-electron chi connectivity index (χ3n) is 4.04. The van der Waals surface area contributed by atoms with Crippen LogP contribution in [0.1, 0.15) is 48.9 Å². The number of amides is 3. The Morgan fingerprint density at radius 3 is 2.65 bits per heavy atom. The van der Waals surface area contributed by atoms with Crippen molar-refractivity contribution in [2.75, 3.05) is 19.6 Å². The van der Waals surface area contributed by atoms with Crippen LogP contribution in [0.2, 0.25) is 0 Å². The summed E-state index contributed by atoms with van der Waals surface area (Å²) in [5.74, 6) is -0.435. The van der Waals surface area contributed by atoms with Crippen LogP contribution in [0.25, 0.3) is 0 Å². The lowest BCUT2D eigenvalue weighted by Gasteiger charge is -2.30. The summed E-state index contributed by atoms with van der Waals surface area (Å²) in [7, 11) is 1.66. The van der Waals surface area contributed by atoms with Gasteiger partial charge in [-0.2, -0.15) is 5.10 Å². The van der Waals surface area contributed by atoms with E-state index in [9.17, 15) is 14.4 Å². The molecule has 0 aliphatic carbocycles. The Hall–Kier alpha value is -2.42. The molecule has 0 atom stereocenters. The fourth-order valence-corrected chi connectivity index (χ4v) is 2.85. The van der Waals surface area contributed by atoms with Crippen molar-refractivity contribution < 1.29 is 19.1 Å². The van der Waals surface area contributed by atoms with Gasteiger partial charge in [-0.3, -0.25) is 19.2 Å².